The summed E-state index contributed by atoms with van der Waals surface area (Å²) >= 11 is 0. The molecule has 2 aromatic rings. The summed E-state index contributed by atoms with van der Waals surface area (Å²) in [7, 11) is 0. The van der Waals surface area contributed by atoms with Gasteiger partial charge in [0.1, 0.15) is 0 Å². The highest BCUT2D eigenvalue weighted by Gasteiger charge is 2.11. The van der Waals surface area contributed by atoms with Gasteiger partial charge in [-0.25, -0.2) is 4.99 Å². The molecule has 1 saturated heterocycles. The van der Waals surface area contributed by atoms with Crippen LogP contribution in [-0.4, -0.2) is 47.2 Å². The van der Waals surface area contributed by atoms with Crippen molar-refractivity contribution in [3.05, 3.63) is 47.1 Å². The predicted octanol–water partition coefficient (Wildman–Crippen LogP) is 2.27. The molecule has 0 unspecified atom stereocenters. The van der Waals surface area contributed by atoms with Gasteiger partial charge in [-0.05, 0) is 50.9 Å². The van der Waals surface area contributed by atoms with Crippen molar-refractivity contribution in [1.82, 2.24) is 25.7 Å². The topological polar surface area (TPSA) is 78.6 Å². The van der Waals surface area contributed by atoms with Gasteiger partial charge in [0.05, 0.1) is 6.54 Å². The lowest BCUT2D eigenvalue weighted by molar-refractivity contribution is 0.331. The summed E-state index contributed by atoms with van der Waals surface area (Å²) in [5.74, 6) is 2.11. The average molecular weight is 371 g/mol. The first kappa shape index (κ1) is 19.4. The van der Waals surface area contributed by atoms with Gasteiger partial charge in [-0.3, -0.25) is 4.90 Å². The zero-order valence-corrected chi connectivity index (χ0v) is 16.4. The molecule has 1 aliphatic rings. The van der Waals surface area contributed by atoms with Crippen LogP contribution in [0, 0.1) is 6.92 Å². The summed E-state index contributed by atoms with van der Waals surface area (Å²) in [5.41, 5.74) is 2.59. The van der Waals surface area contributed by atoms with E-state index in [2.05, 4.69) is 61.9 Å². The van der Waals surface area contributed by atoms with Crippen LogP contribution < -0.4 is 10.6 Å². The Morgan fingerprint density at radius 2 is 1.89 bits per heavy atom. The summed E-state index contributed by atoms with van der Waals surface area (Å²) in [6.45, 7) is 9.57. The maximum atomic E-state index is 5.13. The van der Waals surface area contributed by atoms with Gasteiger partial charge in [0.15, 0.2) is 11.8 Å². The van der Waals surface area contributed by atoms with E-state index in [4.69, 9.17) is 4.52 Å². The molecule has 0 bridgehead atoms. The van der Waals surface area contributed by atoms with Crippen LogP contribution in [0.3, 0.4) is 0 Å². The third-order valence-corrected chi connectivity index (χ3v) is 4.59. The number of hydrogen-bond donors (Lipinski definition) is 2. The number of nitrogens with one attached hydrogen (secondary N) is 2. The van der Waals surface area contributed by atoms with Crippen molar-refractivity contribution in [2.24, 2.45) is 4.99 Å². The van der Waals surface area contributed by atoms with Crippen LogP contribution in [0.2, 0.25) is 0 Å². The lowest BCUT2D eigenvalue weighted by Gasteiger charge is -2.14. The van der Waals surface area contributed by atoms with Crippen LogP contribution in [0.5, 0.6) is 0 Å². The van der Waals surface area contributed by atoms with Gasteiger partial charge in [0.2, 0.25) is 5.89 Å². The Labute approximate surface area is 161 Å². The van der Waals surface area contributed by atoms with Gasteiger partial charge in [0, 0.05) is 26.1 Å². The molecule has 0 saturated carbocycles. The number of hydrogen-bond acceptors (Lipinski definition) is 5. The number of guanidine groups is 1. The fraction of sp³-hybridized carbons (Fsp3) is 0.550. The van der Waals surface area contributed by atoms with Crippen LogP contribution in [0.25, 0.3) is 0 Å². The molecule has 146 valence electrons. The second-order valence-corrected chi connectivity index (χ2v) is 6.91. The quantitative estimate of drug-likeness (QED) is 0.548. The molecule has 0 spiro atoms. The first-order chi connectivity index (χ1) is 13.2. The Hall–Kier alpha value is -2.41. The van der Waals surface area contributed by atoms with Crippen molar-refractivity contribution >= 4 is 5.96 Å². The van der Waals surface area contributed by atoms with Crippen molar-refractivity contribution in [2.45, 2.75) is 46.2 Å². The summed E-state index contributed by atoms with van der Waals surface area (Å²) < 4.78 is 5.13. The van der Waals surface area contributed by atoms with Crippen LogP contribution in [0.15, 0.2) is 33.8 Å². The highest BCUT2D eigenvalue weighted by atomic mass is 16.5. The minimum atomic E-state index is 0.643. The Morgan fingerprint density at radius 3 is 2.56 bits per heavy atom. The molecule has 27 heavy (non-hydrogen) atoms. The fourth-order valence-electron chi connectivity index (χ4n) is 3.19. The molecule has 0 amide bonds. The van der Waals surface area contributed by atoms with E-state index in [-0.39, 0.29) is 0 Å². The lowest BCUT2D eigenvalue weighted by Crippen LogP contribution is -2.38. The van der Waals surface area contributed by atoms with Gasteiger partial charge >= 0.3 is 0 Å². The van der Waals surface area contributed by atoms with E-state index in [0.29, 0.717) is 31.2 Å². The highest BCUT2D eigenvalue weighted by molar-refractivity contribution is 5.79. The standard InChI is InChI=1S/C20H30N6O/c1-3-21-20(22-11-10-19-24-16(2)25-27-19)23-14-17-6-8-18(9-7-17)15-26-12-4-5-13-26/h6-9H,3-5,10-15H2,1-2H3,(H2,21,22,23). The third-order valence-electron chi connectivity index (χ3n) is 4.59. The molecule has 1 fully saturated rings. The number of aromatic nitrogens is 2. The maximum absolute atomic E-state index is 5.13. The van der Waals surface area contributed by atoms with E-state index in [9.17, 15) is 0 Å². The van der Waals surface area contributed by atoms with Gasteiger partial charge in [-0.15, -0.1) is 0 Å². The minimum Gasteiger partial charge on any atom is -0.357 e. The molecule has 0 atom stereocenters. The Morgan fingerprint density at radius 1 is 1.15 bits per heavy atom. The van der Waals surface area contributed by atoms with Crippen LogP contribution in [0.1, 0.15) is 42.6 Å². The second kappa shape index (κ2) is 10.1. The smallest absolute Gasteiger partial charge is 0.228 e. The third kappa shape index (κ3) is 6.36. The minimum absolute atomic E-state index is 0.643. The van der Waals surface area contributed by atoms with E-state index in [1.165, 1.54) is 37.1 Å². The predicted molar refractivity (Wildman–Crippen MR) is 107 cm³/mol. The van der Waals surface area contributed by atoms with E-state index >= 15 is 0 Å². The number of benzene rings is 1. The highest BCUT2D eigenvalue weighted by Crippen LogP contribution is 2.13. The largest absolute Gasteiger partial charge is 0.357 e. The number of likely N-dealkylation sites (tertiary alicyclic amines) is 1. The van der Waals surface area contributed by atoms with E-state index in [1.807, 2.05) is 6.92 Å². The van der Waals surface area contributed by atoms with Crippen molar-refractivity contribution in [2.75, 3.05) is 26.2 Å². The Kier molecular flexibility index (Phi) is 7.21. The van der Waals surface area contributed by atoms with Crippen LogP contribution in [-0.2, 0) is 19.5 Å². The average Bonchev–Trinajstić information content (AvgIpc) is 3.33. The molecular weight excluding hydrogens is 340 g/mol. The second-order valence-electron chi connectivity index (χ2n) is 6.91. The molecule has 1 aliphatic heterocycles. The number of aliphatic imine (C=N–C) groups is 1. The van der Waals surface area contributed by atoms with Crippen LogP contribution >= 0.6 is 0 Å². The normalized spacial score (nSPS) is 15.3. The molecule has 2 heterocycles. The summed E-state index contributed by atoms with van der Waals surface area (Å²) in [5, 5.41) is 10.4. The van der Waals surface area contributed by atoms with Crippen molar-refractivity contribution in [3.8, 4) is 0 Å². The molecule has 3 rings (SSSR count). The molecular formula is C20H30N6O. The van der Waals surface area contributed by atoms with Gasteiger partial charge < -0.3 is 15.2 Å². The van der Waals surface area contributed by atoms with Crippen LogP contribution in [0.4, 0.5) is 0 Å². The monoisotopic (exact) mass is 370 g/mol. The Bertz CT molecular complexity index is 718. The SMILES string of the molecule is CCNC(=NCc1ccc(CN2CCCC2)cc1)NCCc1nc(C)no1. The first-order valence-electron chi connectivity index (χ1n) is 9.84. The zero-order valence-electron chi connectivity index (χ0n) is 16.4. The summed E-state index contributed by atoms with van der Waals surface area (Å²) in [6.07, 6.45) is 3.34. The summed E-state index contributed by atoms with van der Waals surface area (Å²) in [6, 6.07) is 8.81. The number of rotatable bonds is 8. The number of nitrogens with zero attached hydrogens (tertiary/aromatic N) is 4. The molecule has 7 heteroatoms. The lowest BCUT2D eigenvalue weighted by atomic mass is 10.1. The Balaban J connectivity index is 1.47. The molecule has 7 nitrogen and oxygen atoms in total. The van der Waals surface area contributed by atoms with Gasteiger partial charge in [0.25, 0.3) is 0 Å². The molecule has 0 radical (unpaired) electrons. The van der Waals surface area contributed by atoms with E-state index in [1.54, 1.807) is 0 Å². The molecule has 1 aromatic heterocycles. The molecule has 0 aliphatic carbocycles. The molecule has 2 N–H and O–H groups in total. The first-order valence-corrected chi connectivity index (χ1v) is 9.84. The number of aryl methyl sites for hydroxylation is 1. The fourth-order valence-corrected chi connectivity index (χ4v) is 3.19. The molecule has 1 aromatic carbocycles. The zero-order chi connectivity index (χ0) is 18.9. The van der Waals surface area contributed by atoms with E-state index < -0.39 is 0 Å². The van der Waals surface area contributed by atoms with Crippen molar-refractivity contribution in [1.29, 1.82) is 0 Å². The van der Waals surface area contributed by atoms with Crippen molar-refractivity contribution < 1.29 is 4.52 Å². The van der Waals surface area contributed by atoms with Gasteiger partial charge in [-0.2, -0.15) is 4.98 Å². The maximum Gasteiger partial charge on any atom is 0.228 e. The van der Waals surface area contributed by atoms with Gasteiger partial charge in [-0.1, -0.05) is 29.4 Å². The summed E-state index contributed by atoms with van der Waals surface area (Å²) in [4.78, 5) is 11.4. The van der Waals surface area contributed by atoms with E-state index in [0.717, 1.165) is 19.0 Å². The van der Waals surface area contributed by atoms with Crippen molar-refractivity contribution in [3.63, 3.8) is 0 Å².